The molecule has 3 N–H and O–H groups in total. The van der Waals surface area contributed by atoms with Crippen molar-refractivity contribution in [3.05, 3.63) is 40.7 Å². The molecule has 5 nitrogen and oxygen atoms in total. The molecule has 0 spiro atoms. The largest absolute Gasteiger partial charge is 0.479 e. The van der Waals surface area contributed by atoms with Gasteiger partial charge in [-0.3, -0.25) is 4.79 Å². The number of carbonyl (C=O) groups excluding carboxylic acids is 1. The maximum atomic E-state index is 13.4. The molecule has 1 unspecified atom stereocenters. The maximum Gasteiger partial charge on any atom is 0.332 e. The zero-order chi connectivity index (χ0) is 15.1. The molecule has 0 fully saturated rings. The molecule has 0 aliphatic carbocycles. The van der Waals surface area contributed by atoms with E-state index < -0.39 is 23.8 Å². The fourth-order valence-corrected chi connectivity index (χ4v) is 1.57. The first-order valence-corrected chi connectivity index (χ1v) is 6.10. The Kier molecular flexibility index (Phi) is 6.14. The summed E-state index contributed by atoms with van der Waals surface area (Å²) >= 11 is 5.77. The summed E-state index contributed by atoms with van der Waals surface area (Å²) in [7, 11) is 0. The number of aliphatic hydroxyl groups excluding tert-OH is 1. The van der Waals surface area contributed by atoms with Crippen LogP contribution in [0.4, 0.5) is 4.39 Å². The van der Waals surface area contributed by atoms with Crippen LogP contribution in [0.1, 0.15) is 12.0 Å². The Morgan fingerprint density at radius 1 is 1.45 bits per heavy atom. The average molecular weight is 302 g/mol. The van der Waals surface area contributed by atoms with E-state index >= 15 is 0 Å². The predicted molar refractivity (Wildman–Crippen MR) is 71.7 cm³/mol. The van der Waals surface area contributed by atoms with Crippen molar-refractivity contribution in [2.75, 3.05) is 6.54 Å². The van der Waals surface area contributed by atoms with Crippen molar-refractivity contribution < 1.29 is 24.2 Å². The van der Waals surface area contributed by atoms with Gasteiger partial charge in [0.15, 0.2) is 6.10 Å². The molecule has 0 aliphatic rings. The molecule has 1 aromatic carbocycles. The number of aliphatic hydroxyl groups is 1. The monoisotopic (exact) mass is 301 g/mol. The second-order valence-electron chi connectivity index (χ2n) is 3.90. The van der Waals surface area contributed by atoms with Gasteiger partial charge in [-0.15, -0.1) is 0 Å². The molecule has 0 saturated carbocycles. The summed E-state index contributed by atoms with van der Waals surface area (Å²) in [4.78, 5) is 21.7. The highest BCUT2D eigenvalue weighted by Gasteiger charge is 2.12. The minimum absolute atomic E-state index is 0.0123. The number of carboxylic acids is 1. The summed E-state index contributed by atoms with van der Waals surface area (Å²) in [5, 5.41) is 20.0. The Labute approximate surface area is 119 Å². The van der Waals surface area contributed by atoms with Gasteiger partial charge in [-0.1, -0.05) is 17.7 Å². The first kappa shape index (κ1) is 16.1. The number of nitrogens with one attached hydrogen (secondary N) is 1. The number of rotatable bonds is 6. The summed E-state index contributed by atoms with van der Waals surface area (Å²) in [5.74, 6) is -2.45. The number of amides is 1. The van der Waals surface area contributed by atoms with Gasteiger partial charge in [-0.25, -0.2) is 9.18 Å². The van der Waals surface area contributed by atoms with E-state index in [1.165, 1.54) is 24.3 Å². The number of halogens is 2. The number of benzene rings is 1. The highest BCUT2D eigenvalue weighted by Crippen LogP contribution is 2.20. The second-order valence-corrected chi connectivity index (χ2v) is 4.31. The van der Waals surface area contributed by atoms with E-state index in [4.69, 9.17) is 21.8 Å². The van der Waals surface area contributed by atoms with Crippen LogP contribution in [0.5, 0.6) is 0 Å². The van der Waals surface area contributed by atoms with Crippen LogP contribution < -0.4 is 5.32 Å². The number of carboxylic acid groups (broad SMARTS) is 1. The Bertz CT molecular complexity index is 513. The van der Waals surface area contributed by atoms with Crippen molar-refractivity contribution in [3.63, 3.8) is 0 Å². The minimum atomic E-state index is -1.53. The van der Waals surface area contributed by atoms with Gasteiger partial charge in [-0.05, 0) is 18.2 Å². The number of hydrogen-bond donors (Lipinski definition) is 3. The van der Waals surface area contributed by atoms with Crippen LogP contribution in [0.3, 0.4) is 0 Å². The minimum Gasteiger partial charge on any atom is -0.479 e. The van der Waals surface area contributed by atoms with Crippen LogP contribution in [0.25, 0.3) is 6.08 Å². The lowest BCUT2D eigenvalue weighted by atomic mass is 10.2. The molecule has 0 aromatic heterocycles. The van der Waals surface area contributed by atoms with Gasteiger partial charge in [-0.2, -0.15) is 0 Å². The fourth-order valence-electron chi connectivity index (χ4n) is 1.34. The molecule has 1 amide bonds. The molecule has 1 rings (SSSR count). The summed E-state index contributed by atoms with van der Waals surface area (Å²) in [5.41, 5.74) is 0.0925. The molecule has 108 valence electrons. The van der Waals surface area contributed by atoms with E-state index in [0.717, 1.165) is 6.08 Å². The number of carbonyl (C=O) groups is 2. The van der Waals surface area contributed by atoms with Crippen LogP contribution in [-0.4, -0.2) is 34.7 Å². The van der Waals surface area contributed by atoms with Gasteiger partial charge in [0.25, 0.3) is 0 Å². The van der Waals surface area contributed by atoms with E-state index in [1.807, 2.05) is 0 Å². The number of aliphatic carboxylic acids is 1. The summed E-state index contributed by atoms with van der Waals surface area (Å²) in [6.45, 7) is -0.0123. The topological polar surface area (TPSA) is 86.6 Å². The molecular formula is C13H13ClFNO4. The smallest absolute Gasteiger partial charge is 0.332 e. The third kappa shape index (κ3) is 4.99. The van der Waals surface area contributed by atoms with Gasteiger partial charge in [0, 0.05) is 24.6 Å². The van der Waals surface area contributed by atoms with E-state index in [9.17, 15) is 14.0 Å². The van der Waals surface area contributed by atoms with E-state index in [2.05, 4.69) is 5.32 Å². The molecule has 1 aromatic rings. The zero-order valence-corrected chi connectivity index (χ0v) is 11.1. The third-order valence-corrected chi connectivity index (χ3v) is 2.73. The van der Waals surface area contributed by atoms with Crippen molar-refractivity contribution in [1.82, 2.24) is 5.32 Å². The molecule has 0 radical (unpaired) electrons. The van der Waals surface area contributed by atoms with E-state index in [1.54, 1.807) is 0 Å². The normalized spacial score (nSPS) is 12.3. The maximum absolute atomic E-state index is 13.4. The lowest BCUT2D eigenvalue weighted by Crippen LogP contribution is -2.28. The quantitative estimate of drug-likeness (QED) is 0.694. The van der Waals surface area contributed by atoms with Crippen molar-refractivity contribution in [3.8, 4) is 0 Å². The summed E-state index contributed by atoms with van der Waals surface area (Å²) in [6.07, 6.45) is 0.660. The predicted octanol–water partition coefficient (Wildman–Crippen LogP) is 1.44. The van der Waals surface area contributed by atoms with Crippen LogP contribution in [-0.2, 0) is 9.59 Å². The van der Waals surface area contributed by atoms with Crippen molar-refractivity contribution >= 4 is 29.6 Å². The third-order valence-electron chi connectivity index (χ3n) is 2.40. The molecule has 7 heteroatoms. The van der Waals surface area contributed by atoms with Crippen LogP contribution in [0.2, 0.25) is 5.02 Å². The SMILES string of the molecule is O=C(/C=C/c1c(F)cccc1Cl)NCCC(O)C(=O)O. The van der Waals surface area contributed by atoms with Gasteiger partial charge in [0.05, 0.1) is 5.02 Å². The summed E-state index contributed by atoms with van der Waals surface area (Å²) in [6, 6.07) is 4.15. The van der Waals surface area contributed by atoms with Crippen molar-refractivity contribution in [1.29, 1.82) is 0 Å². The molecule has 1 atom stereocenters. The van der Waals surface area contributed by atoms with Crippen molar-refractivity contribution in [2.24, 2.45) is 0 Å². The molecule has 0 bridgehead atoms. The van der Waals surface area contributed by atoms with Gasteiger partial charge in [0.2, 0.25) is 5.91 Å². The number of hydrogen-bond acceptors (Lipinski definition) is 3. The van der Waals surface area contributed by atoms with Crippen LogP contribution >= 0.6 is 11.6 Å². The molecule has 0 aliphatic heterocycles. The van der Waals surface area contributed by atoms with Crippen molar-refractivity contribution in [2.45, 2.75) is 12.5 Å². The Balaban J connectivity index is 2.50. The second kappa shape index (κ2) is 7.62. The van der Waals surface area contributed by atoms with Gasteiger partial charge < -0.3 is 15.5 Å². The fraction of sp³-hybridized carbons (Fsp3) is 0.231. The summed E-state index contributed by atoms with van der Waals surface area (Å²) < 4.78 is 13.4. The first-order chi connectivity index (χ1) is 9.41. The van der Waals surface area contributed by atoms with Gasteiger partial charge in [0.1, 0.15) is 5.82 Å². The molecule has 20 heavy (non-hydrogen) atoms. The van der Waals surface area contributed by atoms with E-state index in [-0.39, 0.29) is 23.6 Å². The van der Waals surface area contributed by atoms with Gasteiger partial charge >= 0.3 is 5.97 Å². The highest BCUT2D eigenvalue weighted by atomic mass is 35.5. The molecular weight excluding hydrogens is 289 g/mol. The zero-order valence-electron chi connectivity index (χ0n) is 10.3. The lowest BCUT2D eigenvalue weighted by molar-refractivity contribution is -0.147. The molecule has 0 heterocycles. The van der Waals surface area contributed by atoms with Crippen LogP contribution in [0, 0.1) is 5.82 Å². The molecule has 0 saturated heterocycles. The average Bonchev–Trinajstić information content (AvgIpc) is 2.37. The lowest BCUT2D eigenvalue weighted by Gasteiger charge is -2.05. The first-order valence-electron chi connectivity index (χ1n) is 5.72. The van der Waals surface area contributed by atoms with Crippen LogP contribution in [0.15, 0.2) is 24.3 Å². The Morgan fingerprint density at radius 3 is 2.75 bits per heavy atom. The Hall–Kier alpha value is -1.92. The van der Waals surface area contributed by atoms with E-state index in [0.29, 0.717) is 0 Å². The highest BCUT2D eigenvalue weighted by molar-refractivity contribution is 6.32. The standard InChI is InChI=1S/C13H13ClFNO4/c14-9-2-1-3-10(15)8(9)4-5-12(18)16-7-6-11(17)13(19)20/h1-5,11,17H,6-7H2,(H,16,18)(H,19,20)/b5-4+. The Morgan fingerprint density at radius 2 is 2.15 bits per heavy atom.